The number of likely N-dealkylation sites (N-methyl/N-ethyl adjacent to an activating group) is 1. The minimum absolute atomic E-state index is 0.411. The molecule has 0 aromatic carbocycles. The van der Waals surface area contributed by atoms with Gasteiger partial charge < -0.3 is 5.32 Å². The summed E-state index contributed by atoms with van der Waals surface area (Å²) < 4.78 is 0. The average molecular weight is 286 g/mol. The third-order valence-electron chi connectivity index (χ3n) is 4.32. The van der Waals surface area contributed by atoms with Crippen molar-refractivity contribution in [3.63, 3.8) is 0 Å². The van der Waals surface area contributed by atoms with Gasteiger partial charge in [0, 0.05) is 33.6 Å². The lowest BCUT2D eigenvalue weighted by atomic mass is 9.95. The Morgan fingerprint density at radius 2 is 2.30 bits per heavy atom. The van der Waals surface area contributed by atoms with Crippen molar-refractivity contribution in [3.8, 4) is 0 Å². The van der Waals surface area contributed by atoms with Crippen molar-refractivity contribution in [1.82, 2.24) is 10.3 Å². The Morgan fingerprint density at radius 1 is 1.45 bits per heavy atom. The average Bonchev–Trinajstić information content (AvgIpc) is 3.01. The van der Waals surface area contributed by atoms with Crippen LogP contribution in [0.1, 0.15) is 51.9 Å². The number of nitrogens with one attached hydrogen (secondary N) is 1. The van der Waals surface area contributed by atoms with Crippen molar-refractivity contribution in [2.75, 3.05) is 6.54 Å². The summed E-state index contributed by atoms with van der Waals surface area (Å²) in [5, 5.41) is 3.69. The van der Waals surface area contributed by atoms with Gasteiger partial charge in [0.1, 0.15) is 0 Å². The van der Waals surface area contributed by atoms with Gasteiger partial charge in [-0.3, -0.25) is 4.98 Å². The molecule has 106 valence electrons. The molecule has 1 aliphatic rings. The molecule has 2 heterocycles. The van der Waals surface area contributed by atoms with E-state index in [1.165, 1.54) is 39.4 Å². The molecule has 2 aromatic rings. The van der Waals surface area contributed by atoms with Gasteiger partial charge in [-0.2, -0.15) is 0 Å². The second-order valence-corrected chi connectivity index (χ2v) is 6.90. The van der Waals surface area contributed by atoms with Crippen molar-refractivity contribution in [2.24, 2.45) is 0 Å². The fourth-order valence-corrected chi connectivity index (χ4v) is 4.37. The smallest absolute Gasteiger partial charge is 0.0499 e. The second-order valence-electron chi connectivity index (χ2n) is 5.62. The lowest BCUT2D eigenvalue weighted by Crippen LogP contribution is -2.25. The summed E-state index contributed by atoms with van der Waals surface area (Å²) in [5.74, 6) is 0.517. The normalized spacial score (nSPS) is 19.1. The van der Waals surface area contributed by atoms with Gasteiger partial charge in [0.15, 0.2) is 0 Å². The molecule has 1 aliphatic carbocycles. The van der Waals surface area contributed by atoms with Crippen molar-refractivity contribution < 1.29 is 0 Å². The van der Waals surface area contributed by atoms with Crippen molar-refractivity contribution in [1.29, 1.82) is 0 Å². The van der Waals surface area contributed by atoms with Crippen LogP contribution in [0.25, 0.3) is 0 Å². The maximum atomic E-state index is 4.66. The number of rotatable bonds is 4. The largest absolute Gasteiger partial charge is 0.309 e. The minimum atomic E-state index is 0.411. The number of hydrogen-bond donors (Lipinski definition) is 1. The molecule has 2 unspecified atom stereocenters. The summed E-state index contributed by atoms with van der Waals surface area (Å²) in [6, 6.07) is 7.06. The topological polar surface area (TPSA) is 24.9 Å². The van der Waals surface area contributed by atoms with E-state index in [1.54, 1.807) is 0 Å². The summed E-state index contributed by atoms with van der Waals surface area (Å²) in [5.41, 5.74) is 4.15. The van der Waals surface area contributed by atoms with E-state index >= 15 is 0 Å². The van der Waals surface area contributed by atoms with Gasteiger partial charge >= 0.3 is 0 Å². The van der Waals surface area contributed by atoms with E-state index in [4.69, 9.17) is 0 Å². The minimum Gasteiger partial charge on any atom is -0.309 e. The van der Waals surface area contributed by atoms with Gasteiger partial charge in [-0.1, -0.05) is 13.0 Å². The molecule has 0 saturated carbocycles. The molecule has 0 spiro atoms. The first kappa shape index (κ1) is 13.8. The van der Waals surface area contributed by atoms with E-state index in [0.29, 0.717) is 12.0 Å². The fraction of sp³-hybridized carbons (Fsp3) is 0.471. The molecule has 2 nitrogen and oxygen atoms in total. The molecule has 0 fully saturated rings. The van der Waals surface area contributed by atoms with Crippen LogP contribution in [-0.4, -0.2) is 11.5 Å². The second kappa shape index (κ2) is 5.66. The van der Waals surface area contributed by atoms with Crippen LogP contribution < -0.4 is 5.32 Å². The molecular weight excluding hydrogens is 264 g/mol. The molecule has 0 saturated heterocycles. The van der Waals surface area contributed by atoms with Crippen LogP contribution in [0.4, 0.5) is 0 Å². The molecule has 0 radical (unpaired) electrons. The molecular formula is C17H22N2S. The number of aromatic nitrogens is 1. The van der Waals surface area contributed by atoms with Crippen LogP contribution in [0.2, 0.25) is 0 Å². The Kier molecular flexibility index (Phi) is 3.90. The van der Waals surface area contributed by atoms with Gasteiger partial charge in [-0.15, -0.1) is 11.3 Å². The van der Waals surface area contributed by atoms with E-state index in [0.717, 1.165) is 6.54 Å². The summed E-state index contributed by atoms with van der Waals surface area (Å²) in [6.45, 7) is 7.61. The predicted octanol–water partition coefficient (Wildman–Crippen LogP) is 4.14. The highest BCUT2D eigenvalue weighted by atomic mass is 32.1. The SMILES string of the molecule is CCNC(c1cc(C)c(C)s1)C1CCc2cccnc21. The van der Waals surface area contributed by atoms with Crippen LogP contribution in [0.15, 0.2) is 24.4 Å². The van der Waals surface area contributed by atoms with Gasteiger partial charge in [0.05, 0.1) is 0 Å². The number of nitrogens with zero attached hydrogens (tertiary/aromatic N) is 1. The van der Waals surface area contributed by atoms with Crippen LogP contribution in [0.5, 0.6) is 0 Å². The summed E-state index contributed by atoms with van der Waals surface area (Å²) in [7, 11) is 0. The molecule has 0 amide bonds. The fourth-order valence-electron chi connectivity index (χ4n) is 3.18. The third-order valence-corrected chi connectivity index (χ3v) is 5.56. The quantitative estimate of drug-likeness (QED) is 0.913. The highest BCUT2D eigenvalue weighted by molar-refractivity contribution is 7.12. The molecule has 20 heavy (non-hydrogen) atoms. The first-order valence-corrected chi connectivity index (χ1v) is 8.26. The van der Waals surface area contributed by atoms with Crippen molar-refractivity contribution >= 4 is 11.3 Å². The number of aryl methyl sites for hydroxylation is 3. The molecule has 3 heteroatoms. The monoisotopic (exact) mass is 286 g/mol. The van der Waals surface area contributed by atoms with Crippen LogP contribution in [0, 0.1) is 13.8 Å². The van der Waals surface area contributed by atoms with Crippen LogP contribution >= 0.6 is 11.3 Å². The lowest BCUT2D eigenvalue weighted by molar-refractivity contribution is 0.453. The van der Waals surface area contributed by atoms with Crippen molar-refractivity contribution in [3.05, 3.63) is 51.0 Å². The lowest BCUT2D eigenvalue weighted by Gasteiger charge is -2.23. The Hall–Kier alpha value is -1.19. The van der Waals surface area contributed by atoms with Crippen LogP contribution in [0.3, 0.4) is 0 Å². The molecule has 1 N–H and O–H groups in total. The Balaban J connectivity index is 1.96. The number of hydrogen-bond acceptors (Lipinski definition) is 3. The number of thiophene rings is 1. The van der Waals surface area contributed by atoms with E-state index in [1.807, 2.05) is 17.5 Å². The molecule has 0 aliphatic heterocycles. The number of pyridine rings is 1. The van der Waals surface area contributed by atoms with E-state index in [2.05, 4.69) is 49.3 Å². The zero-order chi connectivity index (χ0) is 14.1. The maximum Gasteiger partial charge on any atom is 0.0499 e. The summed E-state index contributed by atoms with van der Waals surface area (Å²) >= 11 is 1.93. The van der Waals surface area contributed by atoms with Crippen molar-refractivity contribution in [2.45, 2.75) is 45.6 Å². The number of fused-ring (bicyclic) bond motifs is 1. The van der Waals surface area contributed by atoms with E-state index in [-0.39, 0.29) is 0 Å². The Bertz CT molecular complexity index is 583. The first-order valence-electron chi connectivity index (χ1n) is 7.44. The van der Waals surface area contributed by atoms with Gasteiger partial charge in [0.25, 0.3) is 0 Å². The van der Waals surface area contributed by atoms with Gasteiger partial charge in [-0.25, -0.2) is 0 Å². The Morgan fingerprint density at radius 3 is 3.00 bits per heavy atom. The summed E-state index contributed by atoms with van der Waals surface area (Å²) in [4.78, 5) is 7.56. The third kappa shape index (κ3) is 2.40. The highest BCUT2D eigenvalue weighted by Gasteiger charge is 2.32. The summed E-state index contributed by atoms with van der Waals surface area (Å²) in [6.07, 6.45) is 4.31. The predicted molar refractivity (Wildman–Crippen MR) is 85.5 cm³/mol. The zero-order valence-corrected chi connectivity index (χ0v) is 13.3. The first-order chi connectivity index (χ1) is 9.70. The molecule has 2 atom stereocenters. The highest BCUT2D eigenvalue weighted by Crippen LogP contribution is 2.42. The van der Waals surface area contributed by atoms with Gasteiger partial charge in [-0.05, 0) is 56.5 Å². The zero-order valence-electron chi connectivity index (χ0n) is 12.4. The van der Waals surface area contributed by atoms with E-state index < -0.39 is 0 Å². The molecule has 3 rings (SSSR count). The molecule has 0 bridgehead atoms. The maximum absolute atomic E-state index is 4.66. The van der Waals surface area contributed by atoms with Crippen LogP contribution in [-0.2, 0) is 6.42 Å². The standard InChI is InChI=1S/C17H22N2S/c1-4-18-17(15-10-11(2)12(3)20-15)14-8-7-13-6-5-9-19-16(13)14/h5-6,9-10,14,17-18H,4,7-8H2,1-3H3. The molecule has 2 aromatic heterocycles. The Labute approximate surface area is 125 Å². The van der Waals surface area contributed by atoms with Gasteiger partial charge in [0.2, 0.25) is 0 Å². The van der Waals surface area contributed by atoms with E-state index in [9.17, 15) is 0 Å².